The third-order valence-electron chi connectivity index (χ3n) is 5.91. The van der Waals surface area contributed by atoms with Crippen LogP contribution >= 0.6 is 0 Å². The summed E-state index contributed by atoms with van der Waals surface area (Å²) in [6, 6.07) is 10.6. The normalized spacial score (nSPS) is 13.6. The molecule has 2 heterocycles. The molecule has 0 aliphatic carbocycles. The van der Waals surface area contributed by atoms with Gasteiger partial charge in [-0.25, -0.2) is 13.4 Å². The molecular weight excluding hydrogens is 538 g/mol. The summed E-state index contributed by atoms with van der Waals surface area (Å²) < 4.78 is 105. The molecule has 0 spiro atoms. The van der Waals surface area contributed by atoms with Crippen LogP contribution in [0.1, 0.15) is 29.0 Å². The first-order valence-corrected chi connectivity index (χ1v) is 12.7. The van der Waals surface area contributed by atoms with Crippen LogP contribution in [0.3, 0.4) is 0 Å². The predicted molar refractivity (Wildman–Crippen MR) is 126 cm³/mol. The van der Waals surface area contributed by atoms with Crippen LogP contribution in [0.2, 0.25) is 0 Å². The third kappa shape index (κ3) is 5.23. The summed E-state index contributed by atoms with van der Waals surface area (Å²) in [4.78, 5) is 15.4. The Labute approximate surface area is 212 Å². The van der Waals surface area contributed by atoms with Gasteiger partial charge in [-0.3, -0.25) is 4.79 Å². The zero-order chi connectivity index (χ0) is 28.0. The van der Waals surface area contributed by atoms with E-state index in [1.807, 2.05) is 0 Å². The minimum Gasteiger partial charge on any atom is -0.480 e. The van der Waals surface area contributed by atoms with E-state index in [2.05, 4.69) is 4.98 Å². The average Bonchev–Trinajstić information content (AvgIpc) is 3.27. The van der Waals surface area contributed by atoms with E-state index >= 15 is 0 Å². The number of rotatable bonds is 6. The van der Waals surface area contributed by atoms with E-state index in [-0.39, 0.29) is 22.3 Å². The molecule has 13 heteroatoms. The summed E-state index contributed by atoms with van der Waals surface area (Å²) in [5.74, 6) is -2.10. The van der Waals surface area contributed by atoms with Crippen LogP contribution in [0.5, 0.6) is 0 Å². The Bertz CT molecular complexity index is 1620. The number of benzene rings is 2. The number of pyridine rings is 1. The van der Waals surface area contributed by atoms with E-state index in [0.717, 1.165) is 34.9 Å². The van der Waals surface area contributed by atoms with E-state index in [0.29, 0.717) is 11.1 Å². The summed E-state index contributed by atoms with van der Waals surface area (Å²) in [7, 11) is -4.12. The molecule has 0 bridgehead atoms. The predicted octanol–water partition coefficient (Wildman–Crippen LogP) is 6.27. The molecule has 0 saturated heterocycles. The second-order valence-electron chi connectivity index (χ2n) is 8.36. The van der Waals surface area contributed by atoms with Gasteiger partial charge in [0.2, 0.25) is 0 Å². The maximum atomic E-state index is 13.1. The number of fused-ring (bicyclic) bond motifs is 1. The summed E-state index contributed by atoms with van der Waals surface area (Å²) in [6.45, 7) is 1.28. The van der Waals surface area contributed by atoms with Crippen molar-refractivity contribution < 1.29 is 44.7 Å². The van der Waals surface area contributed by atoms with E-state index < -0.39 is 50.4 Å². The zero-order valence-corrected chi connectivity index (χ0v) is 20.2. The number of hydrogen-bond donors (Lipinski definition) is 1. The van der Waals surface area contributed by atoms with Gasteiger partial charge < -0.3 is 9.51 Å². The fraction of sp³-hybridized carbons (Fsp3) is 0.200. The molecule has 2 aromatic heterocycles. The van der Waals surface area contributed by atoms with E-state index in [9.17, 15) is 44.7 Å². The maximum Gasteiger partial charge on any atom is 0.434 e. The monoisotopic (exact) mass is 556 g/mol. The lowest BCUT2D eigenvalue weighted by atomic mass is 9.92. The minimum absolute atomic E-state index is 0.00578. The van der Waals surface area contributed by atoms with Gasteiger partial charge >= 0.3 is 18.3 Å². The highest BCUT2D eigenvalue weighted by atomic mass is 32.2. The highest BCUT2D eigenvalue weighted by Crippen LogP contribution is 2.38. The lowest BCUT2D eigenvalue weighted by Crippen LogP contribution is -2.23. The minimum atomic E-state index is -4.68. The van der Waals surface area contributed by atoms with Crippen molar-refractivity contribution in [1.29, 1.82) is 0 Å². The Morgan fingerprint density at radius 3 is 2.08 bits per heavy atom. The lowest BCUT2D eigenvalue weighted by Gasteiger charge is -2.17. The highest BCUT2D eigenvalue weighted by Gasteiger charge is 2.35. The number of carboxylic acid groups (broad SMARTS) is 1. The number of carboxylic acids is 1. The van der Waals surface area contributed by atoms with Crippen LogP contribution in [0.15, 0.2) is 67.0 Å². The van der Waals surface area contributed by atoms with Gasteiger partial charge in [0.1, 0.15) is 5.65 Å². The van der Waals surface area contributed by atoms with E-state index in [1.54, 1.807) is 0 Å². The molecule has 1 atom stereocenters. The smallest absolute Gasteiger partial charge is 0.434 e. The molecule has 4 aromatic rings. The van der Waals surface area contributed by atoms with Crippen molar-refractivity contribution in [2.45, 2.75) is 24.5 Å². The fourth-order valence-electron chi connectivity index (χ4n) is 4.01. The van der Waals surface area contributed by atoms with Crippen LogP contribution in [-0.2, 0) is 27.0 Å². The molecule has 2 aromatic carbocycles. The molecule has 0 saturated carbocycles. The Morgan fingerprint density at radius 1 is 0.895 bits per heavy atom. The number of aliphatic carboxylic acids is 1. The van der Waals surface area contributed by atoms with Gasteiger partial charge in [-0.05, 0) is 58.1 Å². The lowest BCUT2D eigenvalue weighted by molar-refractivity contribution is -0.141. The number of nitrogens with zero attached hydrogens (tertiary/aromatic N) is 2. The van der Waals surface area contributed by atoms with Crippen LogP contribution in [0.4, 0.5) is 26.3 Å². The van der Waals surface area contributed by atoms with Crippen molar-refractivity contribution in [3.05, 3.63) is 83.8 Å². The van der Waals surface area contributed by atoms with Crippen molar-refractivity contribution in [3.63, 3.8) is 0 Å². The maximum absolute atomic E-state index is 13.1. The number of carbonyl (C=O) groups is 1. The van der Waals surface area contributed by atoms with Crippen LogP contribution in [-0.4, -0.2) is 34.6 Å². The molecule has 0 aliphatic heterocycles. The summed E-state index contributed by atoms with van der Waals surface area (Å²) in [5.41, 5.74) is -1.16. The van der Waals surface area contributed by atoms with Gasteiger partial charge in [-0.1, -0.05) is 31.2 Å². The molecule has 1 N–H and O–H groups in total. The highest BCUT2D eigenvalue weighted by molar-refractivity contribution is 7.92. The second-order valence-corrected chi connectivity index (χ2v) is 10.7. The zero-order valence-electron chi connectivity index (χ0n) is 19.4. The van der Waals surface area contributed by atoms with Gasteiger partial charge in [0.15, 0.2) is 20.8 Å². The number of alkyl halides is 6. The molecule has 0 radical (unpaired) electrons. The number of imidazole rings is 1. The van der Waals surface area contributed by atoms with Crippen molar-refractivity contribution in [2.24, 2.45) is 0 Å². The van der Waals surface area contributed by atoms with Crippen molar-refractivity contribution in [1.82, 2.24) is 9.38 Å². The standard InChI is InChI=1S/C25H18F6N2O4S/c1-2-38(36,37)22(23(34)35)15-5-9-18(19(11-15)14-3-7-17(8-4-14)24(26,27)28)16-6-10-21-32-20(25(29,30)31)13-33(21)12-16/h3-13,22H,2H2,1H3,(H,34,35). The molecule has 38 heavy (non-hydrogen) atoms. The quantitative estimate of drug-likeness (QED) is 0.283. The topological polar surface area (TPSA) is 88.7 Å². The summed E-state index contributed by atoms with van der Waals surface area (Å²) >= 11 is 0. The average molecular weight is 556 g/mol. The summed E-state index contributed by atoms with van der Waals surface area (Å²) in [6.07, 6.45) is -7.19. The second kappa shape index (κ2) is 9.46. The number of halogens is 6. The fourth-order valence-corrected chi connectivity index (χ4v) is 5.21. The Kier molecular flexibility index (Phi) is 6.76. The van der Waals surface area contributed by atoms with E-state index in [4.69, 9.17) is 0 Å². The molecular formula is C25H18F6N2O4S. The molecule has 0 amide bonds. The Balaban J connectivity index is 1.93. The molecule has 0 aliphatic rings. The summed E-state index contributed by atoms with van der Waals surface area (Å²) in [5, 5.41) is 7.72. The first-order chi connectivity index (χ1) is 17.6. The van der Waals surface area contributed by atoms with Crippen LogP contribution in [0.25, 0.3) is 27.9 Å². The van der Waals surface area contributed by atoms with E-state index in [1.165, 1.54) is 43.5 Å². The first kappa shape index (κ1) is 27.2. The van der Waals surface area contributed by atoms with Gasteiger partial charge in [-0.15, -0.1) is 0 Å². The largest absolute Gasteiger partial charge is 0.480 e. The van der Waals surface area contributed by atoms with Gasteiger partial charge in [0.05, 0.1) is 5.56 Å². The van der Waals surface area contributed by atoms with Gasteiger partial charge in [0.25, 0.3) is 0 Å². The molecule has 1 unspecified atom stereocenters. The third-order valence-corrected chi connectivity index (χ3v) is 7.90. The number of aromatic nitrogens is 2. The number of hydrogen-bond acceptors (Lipinski definition) is 4. The molecule has 6 nitrogen and oxygen atoms in total. The van der Waals surface area contributed by atoms with Crippen molar-refractivity contribution in [3.8, 4) is 22.3 Å². The van der Waals surface area contributed by atoms with Crippen LogP contribution in [0, 0.1) is 0 Å². The Hall–Kier alpha value is -3.87. The van der Waals surface area contributed by atoms with Crippen molar-refractivity contribution >= 4 is 21.5 Å². The SMILES string of the molecule is CCS(=O)(=O)C(C(=O)O)c1ccc(-c2ccc3nc(C(F)(F)F)cn3c2)c(-c2ccc(C(F)(F)F)cc2)c1. The van der Waals surface area contributed by atoms with Crippen molar-refractivity contribution in [2.75, 3.05) is 5.75 Å². The first-order valence-electron chi connectivity index (χ1n) is 10.9. The molecule has 200 valence electrons. The van der Waals surface area contributed by atoms with Gasteiger partial charge in [0, 0.05) is 18.1 Å². The molecule has 4 rings (SSSR count). The Morgan fingerprint density at radius 2 is 1.53 bits per heavy atom. The van der Waals surface area contributed by atoms with Crippen LogP contribution < -0.4 is 0 Å². The van der Waals surface area contributed by atoms with Gasteiger partial charge in [-0.2, -0.15) is 26.3 Å². The number of sulfone groups is 1. The molecule has 0 fully saturated rings.